The smallest absolute Gasteiger partial charge is 0.225 e. The minimum atomic E-state index is 0.501. The van der Waals surface area contributed by atoms with Gasteiger partial charge in [-0.15, -0.1) is 0 Å². The fourth-order valence-electron chi connectivity index (χ4n) is 2.30. The van der Waals surface area contributed by atoms with Gasteiger partial charge in [-0.2, -0.15) is 0 Å². The molecule has 0 spiro atoms. The van der Waals surface area contributed by atoms with Gasteiger partial charge in [0.1, 0.15) is 11.5 Å². The first kappa shape index (κ1) is 17.5. The molecule has 0 heterocycles. The predicted molar refractivity (Wildman–Crippen MR) is 106 cm³/mol. The third-order valence-corrected chi connectivity index (χ3v) is 3.75. The number of para-hydroxylation sites is 3. The molecule has 0 aliphatic heterocycles. The van der Waals surface area contributed by atoms with Gasteiger partial charge in [-0.25, -0.2) is 4.99 Å². The fraction of sp³-hybridized carbons (Fsp3) is 0.0870. The quantitative estimate of drug-likeness (QED) is 0.319. The van der Waals surface area contributed by atoms with Crippen molar-refractivity contribution in [3.05, 3.63) is 102 Å². The Hall–Kier alpha value is -3.33. The van der Waals surface area contributed by atoms with E-state index in [4.69, 9.17) is 14.5 Å². The van der Waals surface area contributed by atoms with E-state index in [0.29, 0.717) is 5.90 Å². The van der Waals surface area contributed by atoms with Gasteiger partial charge >= 0.3 is 0 Å². The van der Waals surface area contributed by atoms with E-state index in [-0.39, 0.29) is 0 Å². The summed E-state index contributed by atoms with van der Waals surface area (Å²) in [5, 5.41) is 0. The second-order valence-corrected chi connectivity index (χ2v) is 5.85. The maximum atomic E-state index is 6.03. The Kier molecular flexibility index (Phi) is 5.84. The highest BCUT2D eigenvalue weighted by Gasteiger charge is 2.08. The van der Waals surface area contributed by atoms with Crippen LogP contribution in [-0.4, -0.2) is 5.90 Å². The summed E-state index contributed by atoms with van der Waals surface area (Å²) in [6.07, 6.45) is 1.66. The number of aryl methyl sites for hydroxylation is 1. The summed E-state index contributed by atoms with van der Waals surface area (Å²) in [4.78, 5) is 4.71. The highest BCUT2D eigenvalue weighted by molar-refractivity contribution is 5.96. The average Bonchev–Trinajstić information content (AvgIpc) is 2.69. The standard InChI is InChI=1S/C23H21NO2/c1-18-11-9-10-16-22(18)24-23(26-21-14-7-4-8-15-21)19(2)17-25-20-12-5-3-6-13-20/h3-17H,1-2H3/b19-17+,24-23?. The maximum absolute atomic E-state index is 6.03. The Morgan fingerprint density at radius 2 is 1.35 bits per heavy atom. The van der Waals surface area contributed by atoms with E-state index in [1.807, 2.05) is 98.8 Å². The van der Waals surface area contributed by atoms with Crippen molar-refractivity contribution in [2.24, 2.45) is 4.99 Å². The van der Waals surface area contributed by atoms with Crippen LogP contribution < -0.4 is 9.47 Å². The maximum Gasteiger partial charge on any atom is 0.225 e. The molecule has 0 saturated carbocycles. The van der Waals surface area contributed by atoms with Crippen molar-refractivity contribution >= 4 is 11.6 Å². The van der Waals surface area contributed by atoms with Crippen LogP contribution >= 0.6 is 0 Å². The van der Waals surface area contributed by atoms with Crippen LogP contribution in [0.2, 0.25) is 0 Å². The lowest BCUT2D eigenvalue weighted by atomic mass is 10.2. The summed E-state index contributed by atoms with van der Waals surface area (Å²) in [5.74, 6) is 2.00. The third-order valence-electron chi connectivity index (χ3n) is 3.75. The molecular formula is C23H21NO2. The third kappa shape index (κ3) is 4.84. The van der Waals surface area contributed by atoms with Gasteiger partial charge in [-0.05, 0) is 49.7 Å². The number of rotatable bonds is 5. The molecular weight excluding hydrogens is 322 g/mol. The molecule has 26 heavy (non-hydrogen) atoms. The Morgan fingerprint density at radius 3 is 2.00 bits per heavy atom. The molecule has 3 nitrogen and oxygen atoms in total. The predicted octanol–water partition coefficient (Wildman–Crippen LogP) is 6.09. The van der Waals surface area contributed by atoms with E-state index < -0.39 is 0 Å². The molecule has 130 valence electrons. The highest BCUT2D eigenvalue weighted by atomic mass is 16.5. The monoisotopic (exact) mass is 343 g/mol. The van der Waals surface area contributed by atoms with Crippen molar-refractivity contribution in [3.63, 3.8) is 0 Å². The summed E-state index contributed by atoms with van der Waals surface area (Å²) in [7, 11) is 0. The summed E-state index contributed by atoms with van der Waals surface area (Å²) in [5.41, 5.74) is 2.74. The molecule has 0 atom stereocenters. The number of nitrogens with zero attached hydrogens (tertiary/aromatic N) is 1. The second kappa shape index (κ2) is 8.67. The molecule has 3 rings (SSSR count). The first-order valence-corrected chi connectivity index (χ1v) is 8.48. The Bertz CT molecular complexity index is 900. The Labute approximate surface area is 154 Å². The molecule has 0 bridgehead atoms. The van der Waals surface area contributed by atoms with Crippen molar-refractivity contribution < 1.29 is 9.47 Å². The van der Waals surface area contributed by atoms with E-state index >= 15 is 0 Å². The lowest BCUT2D eigenvalue weighted by Crippen LogP contribution is -2.11. The minimum Gasteiger partial charge on any atom is -0.465 e. The molecule has 0 radical (unpaired) electrons. The molecule has 0 aliphatic carbocycles. The van der Waals surface area contributed by atoms with Crippen molar-refractivity contribution in [2.75, 3.05) is 0 Å². The largest absolute Gasteiger partial charge is 0.465 e. The van der Waals surface area contributed by atoms with Crippen LogP contribution in [0.4, 0.5) is 5.69 Å². The number of ether oxygens (including phenoxy) is 2. The zero-order valence-electron chi connectivity index (χ0n) is 14.9. The van der Waals surface area contributed by atoms with Gasteiger partial charge in [0, 0.05) is 5.57 Å². The van der Waals surface area contributed by atoms with Crippen LogP contribution in [0.5, 0.6) is 11.5 Å². The zero-order valence-corrected chi connectivity index (χ0v) is 14.9. The molecule has 0 aliphatic rings. The first-order valence-electron chi connectivity index (χ1n) is 8.48. The SMILES string of the molecule is C/C(=C\Oc1ccccc1)C(=Nc1ccccc1C)Oc1ccccc1. The van der Waals surface area contributed by atoms with E-state index in [9.17, 15) is 0 Å². The number of aliphatic imine (C=N–C) groups is 1. The molecule has 0 saturated heterocycles. The summed E-state index contributed by atoms with van der Waals surface area (Å²) in [6, 6.07) is 27.2. The number of hydrogen-bond acceptors (Lipinski definition) is 3. The van der Waals surface area contributed by atoms with Crippen LogP contribution in [-0.2, 0) is 0 Å². The molecule has 3 aromatic rings. The molecule has 0 unspecified atom stereocenters. The Balaban J connectivity index is 1.90. The fourth-order valence-corrected chi connectivity index (χ4v) is 2.30. The van der Waals surface area contributed by atoms with Crippen molar-refractivity contribution in [1.29, 1.82) is 0 Å². The zero-order chi connectivity index (χ0) is 18.2. The Morgan fingerprint density at radius 1 is 0.769 bits per heavy atom. The highest BCUT2D eigenvalue weighted by Crippen LogP contribution is 2.21. The van der Waals surface area contributed by atoms with Gasteiger partial charge in [0.25, 0.3) is 0 Å². The summed E-state index contributed by atoms with van der Waals surface area (Å²) >= 11 is 0. The first-order chi connectivity index (χ1) is 12.7. The lowest BCUT2D eigenvalue weighted by Gasteiger charge is -2.11. The van der Waals surface area contributed by atoms with Crippen LogP contribution in [0.25, 0.3) is 0 Å². The number of hydrogen-bond donors (Lipinski definition) is 0. The van der Waals surface area contributed by atoms with E-state index in [1.54, 1.807) is 6.26 Å². The van der Waals surface area contributed by atoms with E-state index in [0.717, 1.165) is 28.3 Å². The second-order valence-electron chi connectivity index (χ2n) is 5.85. The minimum absolute atomic E-state index is 0.501. The van der Waals surface area contributed by atoms with Gasteiger partial charge in [0.15, 0.2) is 0 Å². The van der Waals surface area contributed by atoms with Crippen LogP contribution in [0.3, 0.4) is 0 Å². The molecule has 0 fully saturated rings. The van der Waals surface area contributed by atoms with Crippen molar-refractivity contribution in [1.82, 2.24) is 0 Å². The van der Waals surface area contributed by atoms with Crippen LogP contribution in [0.1, 0.15) is 12.5 Å². The van der Waals surface area contributed by atoms with Gasteiger partial charge in [-0.3, -0.25) is 0 Å². The molecule has 3 heteroatoms. The summed E-state index contributed by atoms with van der Waals surface area (Å²) < 4.78 is 11.8. The van der Waals surface area contributed by atoms with Gasteiger partial charge in [-0.1, -0.05) is 54.6 Å². The van der Waals surface area contributed by atoms with Crippen molar-refractivity contribution in [3.8, 4) is 11.5 Å². The summed E-state index contributed by atoms with van der Waals surface area (Å²) in [6.45, 7) is 3.95. The average molecular weight is 343 g/mol. The van der Waals surface area contributed by atoms with Gasteiger partial charge in [0.05, 0.1) is 11.9 Å². The molecule has 0 N–H and O–H groups in total. The number of benzene rings is 3. The molecule has 3 aromatic carbocycles. The lowest BCUT2D eigenvalue weighted by molar-refractivity contribution is 0.473. The van der Waals surface area contributed by atoms with Crippen LogP contribution in [0.15, 0.2) is 102 Å². The molecule has 0 aromatic heterocycles. The van der Waals surface area contributed by atoms with E-state index in [2.05, 4.69) is 0 Å². The van der Waals surface area contributed by atoms with Gasteiger partial charge in [0.2, 0.25) is 5.90 Å². The molecule has 0 amide bonds. The van der Waals surface area contributed by atoms with Gasteiger partial charge < -0.3 is 9.47 Å². The normalized spacial score (nSPS) is 11.9. The topological polar surface area (TPSA) is 30.8 Å². The van der Waals surface area contributed by atoms with Crippen molar-refractivity contribution in [2.45, 2.75) is 13.8 Å². The van der Waals surface area contributed by atoms with E-state index in [1.165, 1.54) is 0 Å². The van der Waals surface area contributed by atoms with Crippen LogP contribution in [0, 0.1) is 6.92 Å².